The van der Waals surface area contributed by atoms with E-state index in [-0.39, 0.29) is 99.1 Å². The summed E-state index contributed by atoms with van der Waals surface area (Å²) in [5, 5.41) is 0. The van der Waals surface area contributed by atoms with E-state index in [0.29, 0.717) is 0 Å². The van der Waals surface area contributed by atoms with Gasteiger partial charge in [-0.1, -0.05) is 0 Å². The largest absolute Gasteiger partial charge is 0.316 e. The van der Waals surface area contributed by atoms with E-state index in [1.807, 2.05) is 0 Å². The minimum absolute atomic E-state index is 0. The fourth-order valence-electron chi connectivity index (χ4n) is 0. The second-order valence-corrected chi connectivity index (χ2v) is 0. The molecule has 0 aromatic rings. The molecular formula is H5CaLiMgZn. The van der Waals surface area contributed by atoms with Crippen molar-refractivity contribution in [1.82, 2.24) is 0 Å². The zero-order chi connectivity index (χ0) is 0. The van der Waals surface area contributed by atoms with Crippen molar-refractivity contribution in [1.29, 1.82) is 0 Å². The van der Waals surface area contributed by atoms with E-state index in [9.17, 15) is 0 Å². The average Bonchev–Trinajstić information content (AvgIpc) is 0. The molecule has 0 nitrogen and oxygen atoms in total. The summed E-state index contributed by atoms with van der Waals surface area (Å²) >= 11 is 0. The Kier molecular flexibility index (Phi) is 109. The van der Waals surface area contributed by atoms with Gasteiger partial charge in [0.15, 0.2) is 0 Å². The Morgan fingerprint density at radius 3 is 1.00 bits per heavy atom. The van der Waals surface area contributed by atoms with Crippen LogP contribution in [0.15, 0.2) is 0 Å². The van der Waals surface area contributed by atoms with E-state index in [4.69, 9.17) is 0 Å². The Bertz CT molecular complexity index is 8.00. The van der Waals surface area contributed by atoms with Crippen LogP contribution in [0.3, 0.4) is 0 Å². The third kappa shape index (κ3) is 8.98. The summed E-state index contributed by atoms with van der Waals surface area (Å²) in [7, 11) is 0. The Labute approximate surface area is 96.9 Å². The summed E-state index contributed by atoms with van der Waals surface area (Å²) in [6.07, 6.45) is 0. The van der Waals surface area contributed by atoms with Crippen LogP contribution in [-0.2, 0) is 19.5 Å². The monoisotopic (exact) mass is 140 g/mol. The predicted molar refractivity (Wildman–Crippen MR) is 24.2 cm³/mol. The van der Waals surface area contributed by atoms with Gasteiger partial charge in [-0.3, -0.25) is 0 Å². The van der Waals surface area contributed by atoms with Gasteiger partial charge in [0, 0.05) is 19.5 Å². The number of hydrogen-bond donors (Lipinski definition) is 0. The quantitative estimate of drug-likeness (QED) is 0.328. The van der Waals surface area contributed by atoms with Gasteiger partial charge in [0.2, 0.25) is 0 Å². The fraction of sp³-hybridized carbons (Fsp3) is 0. The van der Waals surface area contributed by atoms with E-state index in [1.54, 1.807) is 0 Å². The Morgan fingerprint density at radius 2 is 1.00 bits per heavy atom. The fourth-order valence-corrected chi connectivity index (χ4v) is 0. The summed E-state index contributed by atoms with van der Waals surface area (Å²) < 4.78 is 0. The van der Waals surface area contributed by atoms with E-state index >= 15 is 0 Å². The van der Waals surface area contributed by atoms with Crippen molar-refractivity contribution in [2.45, 2.75) is 0 Å². The number of hydrogen-bond acceptors (Lipinski definition) is 0. The van der Waals surface area contributed by atoms with Crippen LogP contribution in [0.2, 0.25) is 0 Å². The third-order valence-electron chi connectivity index (χ3n) is 0. The summed E-state index contributed by atoms with van der Waals surface area (Å²) in [6, 6.07) is 0. The Balaban J connectivity index is 0. The van der Waals surface area contributed by atoms with Crippen LogP contribution in [-0.4, -0.2) is 79.7 Å². The van der Waals surface area contributed by atoms with Gasteiger partial charge in [-0.15, -0.1) is 0 Å². The number of rotatable bonds is 0. The van der Waals surface area contributed by atoms with Crippen LogP contribution in [0.4, 0.5) is 0 Å². The van der Waals surface area contributed by atoms with Crippen LogP contribution < -0.4 is 0 Å². The molecule has 0 aliphatic rings. The normalized spacial score (nSPS) is 0. The first-order valence-corrected chi connectivity index (χ1v) is 0. The van der Waals surface area contributed by atoms with Gasteiger partial charge in [0.1, 0.15) is 0 Å². The molecule has 0 aromatic carbocycles. The maximum absolute atomic E-state index is 0. The molecule has 0 rings (SSSR count). The van der Waals surface area contributed by atoms with Crippen LogP contribution >= 0.6 is 0 Å². The molecule has 0 fully saturated rings. The third-order valence-corrected chi connectivity index (χ3v) is 0. The van der Waals surface area contributed by atoms with Crippen molar-refractivity contribution < 1.29 is 19.5 Å². The molecular weight excluding hydrogens is 137 g/mol. The van der Waals surface area contributed by atoms with Crippen molar-refractivity contribution in [2.24, 2.45) is 0 Å². The van der Waals surface area contributed by atoms with Crippen molar-refractivity contribution >= 4 is 79.7 Å². The molecule has 0 atom stereocenters. The van der Waals surface area contributed by atoms with Gasteiger partial charge >= 0.3 is 79.7 Å². The van der Waals surface area contributed by atoms with E-state index in [2.05, 4.69) is 0 Å². The van der Waals surface area contributed by atoms with Crippen LogP contribution in [0, 0.1) is 0 Å². The maximum Gasteiger partial charge on any atom is 0.316 e. The van der Waals surface area contributed by atoms with Gasteiger partial charge < -0.3 is 0 Å². The molecule has 0 radical (unpaired) electrons. The Hall–Kier alpha value is 3.25. The molecule has 0 N–H and O–H groups in total. The van der Waals surface area contributed by atoms with Gasteiger partial charge in [-0.2, -0.15) is 0 Å². The summed E-state index contributed by atoms with van der Waals surface area (Å²) in [6.45, 7) is 0. The molecule has 12 valence electrons. The van der Waals surface area contributed by atoms with Crippen LogP contribution in [0.5, 0.6) is 0 Å². The SMILES string of the molecule is [CaH2].[LiH].[MgH2].[Zn]. The minimum atomic E-state index is 0. The zero-order valence-corrected chi connectivity index (χ0v) is 3.67. The molecule has 0 bridgehead atoms. The van der Waals surface area contributed by atoms with Gasteiger partial charge in [0.25, 0.3) is 0 Å². The van der Waals surface area contributed by atoms with Crippen LogP contribution in [0.1, 0.15) is 0 Å². The summed E-state index contributed by atoms with van der Waals surface area (Å²) in [5.74, 6) is 0. The van der Waals surface area contributed by atoms with Gasteiger partial charge in [-0.25, -0.2) is 0 Å². The standard InChI is InChI=1S/Ca.Li.Mg.Zn.5H. The van der Waals surface area contributed by atoms with Crippen molar-refractivity contribution in [3.8, 4) is 0 Å². The van der Waals surface area contributed by atoms with Gasteiger partial charge in [0.05, 0.1) is 0 Å². The summed E-state index contributed by atoms with van der Waals surface area (Å²) in [4.78, 5) is 0. The topological polar surface area (TPSA) is 0 Å². The minimum Gasteiger partial charge on any atom is 0 e. The molecule has 4 heteroatoms. The maximum atomic E-state index is 0. The first kappa shape index (κ1) is 26.8. The van der Waals surface area contributed by atoms with Crippen molar-refractivity contribution in [3.05, 3.63) is 0 Å². The Morgan fingerprint density at radius 1 is 1.00 bits per heavy atom. The molecule has 0 amide bonds. The van der Waals surface area contributed by atoms with E-state index in [0.717, 1.165) is 0 Å². The van der Waals surface area contributed by atoms with Gasteiger partial charge in [-0.05, 0) is 0 Å². The molecule has 0 unspecified atom stereocenters. The molecule has 0 aliphatic carbocycles. The second kappa shape index (κ2) is 16.3. The first-order chi connectivity index (χ1) is 0. The average molecular weight is 142 g/mol. The smallest absolute Gasteiger partial charge is 0 e. The molecule has 0 saturated carbocycles. The molecule has 0 saturated heterocycles. The first-order valence-electron chi connectivity index (χ1n) is 0. The molecule has 0 spiro atoms. The summed E-state index contributed by atoms with van der Waals surface area (Å²) in [5.41, 5.74) is 0. The van der Waals surface area contributed by atoms with Crippen molar-refractivity contribution in [2.75, 3.05) is 0 Å². The predicted octanol–water partition coefficient (Wildman–Crippen LogP) is -2.48. The van der Waals surface area contributed by atoms with Crippen LogP contribution in [0.25, 0.3) is 0 Å². The molecule has 0 aromatic heterocycles. The molecule has 0 aliphatic heterocycles. The van der Waals surface area contributed by atoms with E-state index in [1.165, 1.54) is 0 Å². The molecule has 0 heterocycles. The molecule has 4 heavy (non-hydrogen) atoms. The zero-order valence-electron chi connectivity index (χ0n) is 0.707. The van der Waals surface area contributed by atoms with Crippen molar-refractivity contribution in [3.63, 3.8) is 0 Å². The second-order valence-electron chi connectivity index (χ2n) is 0. The van der Waals surface area contributed by atoms with E-state index < -0.39 is 0 Å².